The zero-order valence-electron chi connectivity index (χ0n) is 17.8. The average Bonchev–Trinajstić information content (AvgIpc) is 3.22. The van der Waals surface area contributed by atoms with Crippen molar-refractivity contribution in [2.75, 3.05) is 60.2 Å². The molecular formula is C21H38N4O2S. The Bertz CT molecular complexity index is 539. The molecule has 2 rings (SSSR count). The Hall–Kier alpha value is -1.15. The minimum absolute atomic E-state index is 0.490. The first-order chi connectivity index (χ1) is 13.8. The summed E-state index contributed by atoms with van der Waals surface area (Å²) in [4.78, 5) is 8.88. The summed E-state index contributed by atoms with van der Waals surface area (Å²) in [7, 11) is 3.95. The van der Waals surface area contributed by atoms with Gasteiger partial charge in [-0.3, -0.25) is 9.89 Å². The van der Waals surface area contributed by atoms with E-state index in [2.05, 4.69) is 47.0 Å². The van der Waals surface area contributed by atoms with Crippen LogP contribution in [0.2, 0.25) is 0 Å². The van der Waals surface area contributed by atoms with Crippen LogP contribution >= 0.6 is 11.3 Å². The highest BCUT2D eigenvalue weighted by Gasteiger charge is 2.31. The summed E-state index contributed by atoms with van der Waals surface area (Å²) in [5.74, 6) is 1.50. The van der Waals surface area contributed by atoms with Crippen LogP contribution in [-0.2, 0) is 9.47 Å². The van der Waals surface area contributed by atoms with Crippen molar-refractivity contribution in [2.45, 2.75) is 38.6 Å². The molecule has 0 bridgehead atoms. The van der Waals surface area contributed by atoms with Crippen molar-refractivity contribution in [2.24, 2.45) is 10.9 Å². The predicted molar refractivity (Wildman–Crippen MR) is 118 cm³/mol. The first-order valence-corrected chi connectivity index (χ1v) is 11.5. The van der Waals surface area contributed by atoms with E-state index in [0.29, 0.717) is 25.2 Å². The number of likely N-dealkylation sites (tertiary alicyclic amines) is 1. The van der Waals surface area contributed by atoms with Gasteiger partial charge in [-0.15, -0.1) is 11.3 Å². The van der Waals surface area contributed by atoms with E-state index < -0.39 is 0 Å². The molecule has 7 heteroatoms. The number of nitrogens with one attached hydrogen (secondary N) is 2. The van der Waals surface area contributed by atoms with E-state index in [9.17, 15) is 0 Å². The van der Waals surface area contributed by atoms with E-state index in [1.54, 1.807) is 7.11 Å². The molecule has 0 aromatic carbocycles. The number of nitrogens with zero attached hydrogens (tertiary/aromatic N) is 2. The van der Waals surface area contributed by atoms with Crippen molar-refractivity contribution in [1.82, 2.24) is 15.5 Å². The van der Waals surface area contributed by atoms with Crippen molar-refractivity contribution in [3.63, 3.8) is 0 Å². The second-order valence-corrected chi connectivity index (χ2v) is 8.28. The number of hydrogen-bond donors (Lipinski definition) is 2. The maximum atomic E-state index is 5.51. The van der Waals surface area contributed by atoms with Crippen molar-refractivity contribution < 1.29 is 9.47 Å². The third-order valence-corrected chi connectivity index (χ3v) is 6.05. The van der Waals surface area contributed by atoms with Gasteiger partial charge in [0.15, 0.2) is 5.96 Å². The maximum absolute atomic E-state index is 5.51. The molecule has 2 unspecified atom stereocenters. The lowest BCUT2D eigenvalue weighted by Crippen LogP contribution is -2.40. The molecule has 1 aromatic rings. The Labute approximate surface area is 174 Å². The number of piperidine rings is 1. The van der Waals surface area contributed by atoms with Crippen LogP contribution in [0, 0.1) is 5.92 Å². The second kappa shape index (κ2) is 13.9. The molecule has 0 amide bonds. The number of hydrogen-bond acceptors (Lipinski definition) is 5. The summed E-state index contributed by atoms with van der Waals surface area (Å²) >= 11 is 1.87. The second-order valence-electron chi connectivity index (χ2n) is 7.30. The fourth-order valence-corrected chi connectivity index (χ4v) is 4.67. The number of ether oxygens (including phenoxy) is 2. The first-order valence-electron chi connectivity index (χ1n) is 10.6. The van der Waals surface area contributed by atoms with Crippen LogP contribution in [0.4, 0.5) is 0 Å². The largest absolute Gasteiger partial charge is 0.382 e. The van der Waals surface area contributed by atoms with E-state index in [4.69, 9.17) is 14.5 Å². The Kier molecular flexibility index (Phi) is 11.5. The highest BCUT2D eigenvalue weighted by atomic mass is 32.1. The maximum Gasteiger partial charge on any atom is 0.191 e. The fourth-order valence-electron chi connectivity index (χ4n) is 3.69. The molecule has 1 aliphatic heterocycles. The Balaban J connectivity index is 1.78. The van der Waals surface area contributed by atoms with E-state index >= 15 is 0 Å². The third-order valence-electron chi connectivity index (χ3n) is 5.11. The SMILES string of the molecule is CCNC(=NCC1CCCN(C)C1c1cccs1)NCCCCOCCOC. The third kappa shape index (κ3) is 8.07. The van der Waals surface area contributed by atoms with Gasteiger partial charge in [0.05, 0.1) is 13.2 Å². The molecule has 1 saturated heterocycles. The van der Waals surface area contributed by atoms with E-state index in [1.165, 1.54) is 24.3 Å². The molecule has 0 aliphatic carbocycles. The Morgan fingerprint density at radius 3 is 2.93 bits per heavy atom. The highest BCUT2D eigenvalue weighted by Crippen LogP contribution is 2.37. The van der Waals surface area contributed by atoms with Crippen molar-refractivity contribution >= 4 is 17.3 Å². The molecule has 1 aromatic heterocycles. The summed E-state index contributed by atoms with van der Waals surface area (Å²) in [5, 5.41) is 9.04. The van der Waals surface area contributed by atoms with Gasteiger partial charge in [0.2, 0.25) is 0 Å². The van der Waals surface area contributed by atoms with Gasteiger partial charge in [-0.1, -0.05) is 6.07 Å². The summed E-state index contributed by atoms with van der Waals surface area (Å²) in [6.07, 6.45) is 4.62. The molecule has 160 valence electrons. The quantitative estimate of drug-likeness (QED) is 0.315. The number of guanidine groups is 1. The van der Waals surface area contributed by atoms with E-state index in [0.717, 1.165) is 45.0 Å². The van der Waals surface area contributed by atoms with Gasteiger partial charge in [-0.2, -0.15) is 0 Å². The topological polar surface area (TPSA) is 58.1 Å². The number of thiophene rings is 1. The Morgan fingerprint density at radius 1 is 1.29 bits per heavy atom. The van der Waals surface area contributed by atoms with Gasteiger partial charge >= 0.3 is 0 Å². The molecule has 1 aliphatic rings. The van der Waals surface area contributed by atoms with Crippen molar-refractivity contribution in [3.8, 4) is 0 Å². The lowest BCUT2D eigenvalue weighted by atomic mass is 9.88. The monoisotopic (exact) mass is 410 g/mol. The van der Waals surface area contributed by atoms with Crippen LogP contribution in [0.3, 0.4) is 0 Å². The lowest BCUT2D eigenvalue weighted by Gasteiger charge is -2.38. The molecule has 6 nitrogen and oxygen atoms in total. The van der Waals surface area contributed by atoms with Crippen LogP contribution in [0.15, 0.2) is 22.5 Å². The summed E-state index contributed by atoms with van der Waals surface area (Å²) in [6.45, 7) is 8.08. The van der Waals surface area contributed by atoms with Crippen molar-refractivity contribution in [1.29, 1.82) is 0 Å². The average molecular weight is 411 g/mol. The van der Waals surface area contributed by atoms with Gasteiger partial charge in [0.25, 0.3) is 0 Å². The molecule has 28 heavy (non-hydrogen) atoms. The van der Waals surface area contributed by atoms with Crippen LogP contribution < -0.4 is 10.6 Å². The van der Waals surface area contributed by atoms with Gasteiger partial charge in [0.1, 0.15) is 0 Å². The standard InChI is InChI=1S/C21H38N4O2S/c1-4-22-21(23-11-5-6-13-27-15-14-26-3)24-17-18-9-7-12-25(2)20(18)19-10-8-16-28-19/h8,10,16,18,20H,4-7,9,11-15,17H2,1-3H3,(H2,22,23,24). The van der Waals surface area contributed by atoms with Crippen molar-refractivity contribution in [3.05, 3.63) is 22.4 Å². The fraction of sp³-hybridized carbons (Fsp3) is 0.762. The number of methoxy groups -OCH3 is 1. The van der Waals surface area contributed by atoms with Crippen LogP contribution in [-0.4, -0.2) is 71.0 Å². The predicted octanol–water partition coefficient (Wildman–Crippen LogP) is 3.13. The molecule has 2 N–H and O–H groups in total. The summed E-state index contributed by atoms with van der Waals surface area (Å²) in [5.41, 5.74) is 0. The molecule has 0 radical (unpaired) electrons. The van der Waals surface area contributed by atoms with E-state index in [-0.39, 0.29) is 0 Å². The number of aliphatic imine (C=N–C) groups is 1. The smallest absolute Gasteiger partial charge is 0.191 e. The lowest BCUT2D eigenvalue weighted by molar-refractivity contribution is 0.0689. The summed E-state index contributed by atoms with van der Waals surface area (Å²) in [6, 6.07) is 4.92. The van der Waals surface area contributed by atoms with Crippen LogP contribution in [0.1, 0.15) is 43.5 Å². The summed E-state index contributed by atoms with van der Waals surface area (Å²) < 4.78 is 10.5. The molecule has 1 fully saturated rings. The van der Waals surface area contributed by atoms with E-state index in [1.807, 2.05) is 11.3 Å². The number of rotatable bonds is 12. The molecule has 0 saturated carbocycles. The minimum Gasteiger partial charge on any atom is -0.382 e. The van der Waals surface area contributed by atoms with Gasteiger partial charge in [0, 0.05) is 44.3 Å². The highest BCUT2D eigenvalue weighted by molar-refractivity contribution is 7.10. The molecule has 0 spiro atoms. The normalized spacial score (nSPS) is 21.0. The molecule has 2 heterocycles. The minimum atomic E-state index is 0.490. The van der Waals surface area contributed by atoms with Gasteiger partial charge in [-0.25, -0.2) is 0 Å². The van der Waals surface area contributed by atoms with Gasteiger partial charge < -0.3 is 20.1 Å². The van der Waals surface area contributed by atoms with Crippen LogP contribution in [0.5, 0.6) is 0 Å². The zero-order chi connectivity index (χ0) is 20.0. The number of unbranched alkanes of at least 4 members (excludes halogenated alkanes) is 1. The molecular weight excluding hydrogens is 372 g/mol. The zero-order valence-corrected chi connectivity index (χ0v) is 18.6. The first kappa shape index (κ1) is 23.1. The van der Waals surface area contributed by atoms with Crippen LogP contribution in [0.25, 0.3) is 0 Å². The van der Waals surface area contributed by atoms with Gasteiger partial charge in [-0.05, 0) is 63.6 Å². The Morgan fingerprint density at radius 2 is 2.18 bits per heavy atom. The molecule has 2 atom stereocenters.